The molecule has 1 atom stereocenters. The third-order valence-electron chi connectivity index (χ3n) is 6.63. The fourth-order valence-corrected chi connectivity index (χ4v) is 4.34. The van der Waals surface area contributed by atoms with E-state index in [-0.39, 0.29) is 12.5 Å². The van der Waals surface area contributed by atoms with Gasteiger partial charge < -0.3 is 49.4 Å². The van der Waals surface area contributed by atoms with Crippen molar-refractivity contribution < 1.29 is 68.5 Å². The van der Waals surface area contributed by atoms with E-state index in [0.29, 0.717) is 54.7 Å². The quantitative estimate of drug-likeness (QED) is 0.159. The Balaban J connectivity index is 0.000000620. The maximum Gasteiger partial charge on any atom is 0.328 e. The third-order valence-corrected chi connectivity index (χ3v) is 6.63. The maximum absolute atomic E-state index is 10.8. The molecule has 16 heteroatoms. The summed E-state index contributed by atoms with van der Waals surface area (Å²) < 4.78 is 23.0. The van der Waals surface area contributed by atoms with Crippen molar-refractivity contribution in [2.24, 2.45) is 0 Å². The topological polar surface area (TPSA) is 230 Å². The van der Waals surface area contributed by atoms with E-state index in [2.05, 4.69) is 21.9 Å². The summed E-state index contributed by atoms with van der Waals surface area (Å²) in [6, 6.07) is 13.9. The van der Waals surface area contributed by atoms with Gasteiger partial charge >= 0.3 is 29.8 Å². The van der Waals surface area contributed by atoms with Crippen molar-refractivity contribution in [3.8, 4) is 17.2 Å². The van der Waals surface area contributed by atoms with E-state index in [1.807, 2.05) is 30.3 Å². The molecule has 49 heavy (non-hydrogen) atoms. The second-order valence-corrected chi connectivity index (χ2v) is 9.97. The predicted molar refractivity (Wildman–Crippen MR) is 174 cm³/mol. The predicted octanol–water partition coefficient (Wildman–Crippen LogP) is 2.33. The lowest BCUT2D eigenvalue weighted by Gasteiger charge is -2.34. The van der Waals surface area contributed by atoms with Crippen molar-refractivity contribution >= 4 is 29.8 Å². The number of nitrogens with zero attached hydrogens (tertiary/aromatic N) is 2. The minimum atomic E-state index is -1.26. The summed E-state index contributed by atoms with van der Waals surface area (Å²) in [5.74, 6) is -4.04. The second kappa shape index (κ2) is 23.0. The van der Waals surface area contributed by atoms with Crippen molar-refractivity contribution in [1.82, 2.24) is 9.80 Å². The molecule has 0 saturated carbocycles. The van der Waals surface area contributed by atoms with Crippen LogP contribution in [0.4, 0.5) is 0 Å². The molecule has 0 aliphatic carbocycles. The SMILES string of the molecule is COc1cc(C(OCCN2CCN(CCC(=O)O)CC2)c2ccccc2)cc(OC)c1OC.O=C(O)/C=C/C(=O)O.O=C(O)/C=C/C(=O)O. The van der Waals surface area contributed by atoms with Gasteiger partial charge in [0.2, 0.25) is 5.75 Å². The number of rotatable bonds is 16. The van der Waals surface area contributed by atoms with Crippen LogP contribution in [0.1, 0.15) is 23.7 Å². The van der Waals surface area contributed by atoms with Gasteiger partial charge in [0.15, 0.2) is 11.5 Å². The van der Waals surface area contributed by atoms with Crippen LogP contribution < -0.4 is 14.2 Å². The molecule has 0 spiro atoms. The Morgan fingerprint density at radius 3 is 1.45 bits per heavy atom. The number of hydrogen-bond donors (Lipinski definition) is 5. The van der Waals surface area contributed by atoms with Crippen molar-refractivity contribution in [2.75, 3.05) is 67.2 Å². The Morgan fingerprint density at radius 1 is 0.653 bits per heavy atom. The van der Waals surface area contributed by atoms with Gasteiger partial charge in [-0.25, -0.2) is 19.2 Å². The van der Waals surface area contributed by atoms with Gasteiger partial charge in [-0.15, -0.1) is 0 Å². The number of methoxy groups -OCH3 is 3. The fourth-order valence-electron chi connectivity index (χ4n) is 4.34. The summed E-state index contributed by atoms with van der Waals surface area (Å²) in [6.07, 6.45) is 2.14. The first-order chi connectivity index (χ1) is 23.3. The van der Waals surface area contributed by atoms with Gasteiger partial charge in [0.05, 0.1) is 34.4 Å². The minimum absolute atomic E-state index is 0.191. The molecule has 1 aliphatic rings. The molecule has 0 bridgehead atoms. The van der Waals surface area contributed by atoms with Crippen LogP contribution in [0, 0.1) is 0 Å². The Bertz CT molecular complexity index is 1330. The molecule has 1 saturated heterocycles. The van der Waals surface area contributed by atoms with Gasteiger partial charge in [0.1, 0.15) is 6.10 Å². The van der Waals surface area contributed by atoms with E-state index in [4.69, 9.17) is 44.5 Å². The largest absolute Gasteiger partial charge is 0.493 e. The summed E-state index contributed by atoms with van der Waals surface area (Å²) in [5, 5.41) is 40.1. The first-order valence-corrected chi connectivity index (χ1v) is 14.7. The van der Waals surface area contributed by atoms with Gasteiger partial charge in [-0.1, -0.05) is 30.3 Å². The summed E-state index contributed by atoms with van der Waals surface area (Å²) >= 11 is 0. The lowest BCUT2D eigenvalue weighted by atomic mass is 10.0. The van der Waals surface area contributed by atoms with Crippen molar-refractivity contribution in [2.45, 2.75) is 12.5 Å². The van der Waals surface area contributed by atoms with Crippen LogP contribution in [0.25, 0.3) is 0 Å². The number of carboxylic acid groups (broad SMARTS) is 5. The van der Waals surface area contributed by atoms with Gasteiger partial charge in [0, 0.05) is 63.6 Å². The van der Waals surface area contributed by atoms with Crippen LogP contribution in [-0.2, 0) is 28.7 Å². The van der Waals surface area contributed by atoms with Gasteiger partial charge in [-0.2, -0.15) is 0 Å². The highest BCUT2D eigenvalue weighted by Crippen LogP contribution is 2.41. The van der Waals surface area contributed by atoms with Crippen LogP contribution in [0.5, 0.6) is 17.2 Å². The summed E-state index contributed by atoms with van der Waals surface area (Å²) in [5.41, 5.74) is 1.97. The molecule has 0 amide bonds. The molecule has 5 N–H and O–H groups in total. The first-order valence-electron chi connectivity index (χ1n) is 14.7. The van der Waals surface area contributed by atoms with Crippen molar-refractivity contribution in [1.29, 1.82) is 0 Å². The molecule has 3 rings (SSSR count). The van der Waals surface area contributed by atoms with Gasteiger partial charge in [-0.05, 0) is 23.3 Å². The maximum atomic E-state index is 10.8. The highest BCUT2D eigenvalue weighted by atomic mass is 16.5. The third kappa shape index (κ3) is 17.3. The number of aliphatic carboxylic acids is 5. The van der Waals surface area contributed by atoms with E-state index in [0.717, 1.165) is 43.9 Å². The number of ether oxygens (including phenoxy) is 4. The van der Waals surface area contributed by atoms with Gasteiger partial charge in [-0.3, -0.25) is 9.69 Å². The number of carbonyl (C=O) groups is 5. The summed E-state index contributed by atoms with van der Waals surface area (Å²) in [4.78, 5) is 53.6. The summed E-state index contributed by atoms with van der Waals surface area (Å²) in [7, 11) is 4.80. The van der Waals surface area contributed by atoms with Crippen LogP contribution >= 0.6 is 0 Å². The molecule has 2 aromatic rings. The molecule has 1 heterocycles. The standard InChI is InChI=1S/C25H34N2O6.2C4H4O4/c1-30-21-17-20(18-22(31-2)25(21)32-3)24(19-7-5-4-6-8-19)33-16-15-27-13-11-26(12-14-27)10-9-23(28)29;2*5-3(6)1-2-4(7)8/h4-8,17-18,24H,9-16H2,1-3H3,(H,28,29);2*1-2H,(H,5,6)(H,7,8)/b;2*2-1+. The zero-order valence-electron chi connectivity index (χ0n) is 27.4. The van der Waals surface area contributed by atoms with E-state index in [1.165, 1.54) is 0 Å². The molecule has 0 radical (unpaired) electrons. The summed E-state index contributed by atoms with van der Waals surface area (Å²) in [6.45, 7) is 5.54. The van der Waals surface area contributed by atoms with Crippen molar-refractivity contribution in [3.05, 3.63) is 77.9 Å². The van der Waals surface area contributed by atoms with E-state index in [9.17, 15) is 24.0 Å². The first kappa shape index (κ1) is 41.6. The molecular weight excluding hydrogens is 648 g/mol. The Morgan fingerprint density at radius 2 is 1.08 bits per heavy atom. The van der Waals surface area contributed by atoms with Gasteiger partial charge in [0.25, 0.3) is 0 Å². The molecule has 1 unspecified atom stereocenters. The van der Waals surface area contributed by atoms with E-state index >= 15 is 0 Å². The normalized spacial score (nSPS) is 13.7. The number of benzene rings is 2. The Labute approximate surface area is 283 Å². The van der Waals surface area contributed by atoms with Crippen LogP contribution in [0.3, 0.4) is 0 Å². The van der Waals surface area contributed by atoms with E-state index in [1.54, 1.807) is 21.3 Å². The Kier molecular flexibility index (Phi) is 19.5. The number of hydrogen-bond acceptors (Lipinski definition) is 11. The van der Waals surface area contributed by atoms with Crippen LogP contribution in [0.15, 0.2) is 66.8 Å². The molecule has 1 aliphatic heterocycles. The molecule has 16 nitrogen and oxygen atoms in total. The van der Waals surface area contributed by atoms with Crippen LogP contribution in [-0.4, -0.2) is 132 Å². The zero-order chi connectivity index (χ0) is 36.8. The monoisotopic (exact) mass is 690 g/mol. The fraction of sp³-hybridized carbons (Fsp3) is 0.364. The Hall–Kier alpha value is -5.45. The second-order valence-electron chi connectivity index (χ2n) is 9.97. The molecule has 0 aromatic heterocycles. The van der Waals surface area contributed by atoms with Crippen LogP contribution in [0.2, 0.25) is 0 Å². The lowest BCUT2D eigenvalue weighted by molar-refractivity contribution is -0.137. The number of carboxylic acids is 5. The smallest absolute Gasteiger partial charge is 0.328 e. The molecule has 268 valence electrons. The highest BCUT2D eigenvalue weighted by Gasteiger charge is 2.22. The average Bonchev–Trinajstić information content (AvgIpc) is 3.08. The number of piperazine rings is 1. The average molecular weight is 691 g/mol. The van der Waals surface area contributed by atoms with E-state index < -0.39 is 29.8 Å². The molecular formula is C33H42N2O14. The van der Waals surface area contributed by atoms with Crippen molar-refractivity contribution in [3.63, 3.8) is 0 Å². The highest BCUT2D eigenvalue weighted by molar-refractivity contribution is 5.90. The molecule has 2 aromatic carbocycles. The lowest BCUT2D eigenvalue weighted by Crippen LogP contribution is -2.47. The zero-order valence-corrected chi connectivity index (χ0v) is 27.4. The minimum Gasteiger partial charge on any atom is -0.493 e. The molecule has 1 fully saturated rings.